The molecule has 24 heavy (non-hydrogen) atoms. The van der Waals surface area contributed by atoms with Crippen LogP contribution in [0.25, 0.3) is 11.0 Å². The van der Waals surface area contributed by atoms with Gasteiger partial charge in [-0.15, -0.1) is 0 Å². The molecule has 2 aromatic carbocycles. The van der Waals surface area contributed by atoms with Crippen molar-refractivity contribution in [3.63, 3.8) is 0 Å². The fourth-order valence-electron chi connectivity index (χ4n) is 3.61. The summed E-state index contributed by atoms with van der Waals surface area (Å²) in [4.78, 5) is 17.1. The molecule has 1 aromatic heterocycles. The van der Waals surface area contributed by atoms with Crippen molar-refractivity contribution in [1.29, 1.82) is 0 Å². The van der Waals surface area contributed by atoms with Crippen LogP contribution >= 0.6 is 0 Å². The van der Waals surface area contributed by atoms with Gasteiger partial charge in [-0.3, -0.25) is 9.36 Å². The van der Waals surface area contributed by atoms with Gasteiger partial charge in [0.25, 0.3) is 0 Å². The van der Waals surface area contributed by atoms with Crippen LogP contribution in [0.4, 0.5) is 5.95 Å². The van der Waals surface area contributed by atoms with Crippen LogP contribution in [0.5, 0.6) is 0 Å². The number of hydrogen-bond donors (Lipinski definition) is 1. The molecule has 0 radical (unpaired) electrons. The van der Waals surface area contributed by atoms with Crippen LogP contribution in [0.1, 0.15) is 31.0 Å². The lowest BCUT2D eigenvalue weighted by atomic mass is 9.90. The van der Waals surface area contributed by atoms with Gasteiger partial charge >= 0.3 is 0 Å². The van der Waals surface area contributed by atoms with Gasteiger partial charge in [0.15, 0.2) is 5.78 Å². The second kappa shape index (κ2) is 5.34. The highest BCUT2D eigenvalue weighted by Crippen LogP contribution is 2.40. The smallest absolute Gasteiger partial charge is 0.209 e. The number of nitrogens with zero attached hydrogens (tertiary/aromatic N) is 2. The number of imidazole rings is 1. The van der Waals surface area contributed by atoms with Gasteiger partial charge < -0.3 is 5.32 Å². The van der Waals surface area contributed by atoms with Crippen LogP contribution in [0, 0.1) is 6.92 Å². The maximum Gasteiger partial charge on any atom is 0.209 e. The van der Waals surface area contributed by atoms with Crippen LogP contribution in [-0.2, 0) is 4.79 Å². The van der Waals surface area contributed by atoms with Crippen molar-refractivity contribution in [1.82, 2.24) is 9.55 Å². The van der Waals surface area contributed by atoms with Gasteiger partial charge in [-0.1, -0.05) is 36.4 Å². The topological polar surface area (TPSA) is 46.9 Å². The van der Waals surface area contributed by atoms with Gasteiger partial charge in [0.2, 0.25) is 5.95 Å². The molecular formula is C20H19N3O. The Morgan fingerprint density at radius 2 is 1.79 bits per heavy atom. The largest absolute Gasteiger partial charge is 0.329 e. The van der Waals surface area contributed by atoms with E-state index in [1.165, 1.54) is 5.56 Å². The molecule has 1 N–H and O–H groups in total. The minimum atomic E-state index is -0.160. The predicted octanol–water partition coefficient (Wildman–Crippen LogP) is 4.22. The lowest BCUT2D eigenvalue weighted by Crippen LogP contribution is -2.27. The normalized spacial score (nSPS) is 16.9. The Balaban J connectivity index is 2.07. The monoisotopic (exact) mass is 317 g/mol. The van der Waals surface area contributed by atoms with Crippen molar-refractivity contribution in [2.45, 2.75) is 26.8 Å². The summed E-state index contributed by atoms with van der Waals surface area (Å²) in [6.07, 6.45) is 0. The van der Waals surface area contributed by atoms with Gasteiger partial charge in [0.1, 0.15) is 0 Å². The molecule has 1 aliphatic rings. The van der Waals surface area contributed by atoms with Crippen LogP contribution in [0.15, 0.2) is 59.8 Å². The molecular weight excluding hydrogens is 298 g/mol. The summed E-state index contributed by atoms with van der Waals surface area (Å²) in [5.74, 6) is 0.864. The number of hydrogen-bond acceptors (Lipinski definition) is 3. The van der Waals surface area contributed by atoms with Gasteiger partial charge in [-0.25, -0.2) is 4.98 Å². The molecule has 0 spiro atoms. The molecule has 0 fully saturated rings. The number of rotatable bonds is 2. The van der Waals surface area contributed by atoms with Crippen LogP contribution in [0.3, 0.4) is 0 Å². The van der Waals surface area contributed by atoms with Gasteiger partial charge in [-0.05, 0) is 44.0 Å². The van der Waals surface area contributed by atoms with Gasteiger partial charge in [0.05, 0.1) is 17.1 Å². The molecule has 0 saturated carbocycles. The summed E-state index contributed by atoms with van der Waals surface area (Å²) in [6.45, 7) is 5.67. The summed E-state index contributed by atoms with van der Waals surface area (Å²) >= 11 is 0. The minimum Gasteiger partial charge on any atom is -0.329 e. The summed E-state index contributed by atoms with van der Waals surface area (Å²) < 4.78 is 2.14. The Morgan fingerprint density at radius 1 is 1.08 bits per heavy atom. The first-order valence-corrected chi connectivity index (χ1v) is 8.09. The Labute approximate surface area is 140 Å². The number of benzene rings is 2. The summed E-state index contributed by atoms with van der Waals surface area (Å²) in [5.41, 5.74) is 5.92. The average Bonchev–Trinajstić information content (AvgIpc) is 2.91. The first-order chi connectivity index (χ1) is 11.6. The standard InChI is InChI=1S/C20H19N3O/c1-12-8-4-5-9-15(12)19-18(14(3)24)13(2)21-20-22-16-10-6-7-11-17(16)23(19)20/h4-11,19H,1-3H3,(H,21,22)/t19-/m1/s1. The molecule has 4 nitrogen and oxygen atoms in total. The molecule has 4 rings (SSSR count). The molecule has 2 heterocycles. The van der Waals surface area contributed by atoms with E-state index in [4.69, 9.17) is 4.98 Å². The number of allylic oxidation sites excluding steroid dienone is 2. The molecule has 120 valence electrons. The van der Waals surface area contributed by atoms with E-state index >= 15 is 0 Å². The fraction of sp³-hybridized carbons (Fsp3) is 0.200. The van der Waals surface area contributed by atoms with Crippen LogP contribution in [0.2, 0.25) is 0 Å². The van der Waals surface area contributed by atoms with Gasteiger partial charge in [-0.2, -0.15) is 0 Å². The fourth-order valence-corrected chi connectivity index (χ4v) is 3.61. The van der Waals surface area contributed by atoms with Crippen molar-refractivity contribution in [2.24, 2.45) is 0 Å². The number of aromatic nitrogens is 2. The van der Waals surface area contributed by atoms with E-state index in [0.717, 1.165) is 33.8 Å². The first-order valence-electron chi connectivity index (χ1n) is 8.09. The van der Waals surface area contributed by atoms with Crippen molar-refractivity contribution in [2.75, 3.05) is 5.32 Å². The predicted molar refractivity (Wildman–Crippen MR) is 96.1 cm³/mol. The Bertz CT molecular complexity index is 997. The van der Waals surface area contributed by atoms with E-state index < -0.39 is 0 Å². The first kappa shape index (κ1) is 14.7. The maximum absolute atomic E-state index is 12.4. The SMILES string of the molecule is CC(=O)C1=C(C)Nc2nc3ccccc3n2[C@@H]1c1ccccc1C. The Morgan fingerprint density at radius 3 is 2.54 bits per heavy atom. The average molecular weight is 317 g/mol. The van der Waals surface area contributed by atoms with Crippen LogP contribution < -0.4 is 5.32 Å². The van der Waals surface area contributed by atoms with Gasteiger partial charge in [0, 0.05) is 11.3 Å². The molecule has 0 bridgehead atoms. The highest BCUT2D eigenvalue weighted by atomic mass is 16.1. The highest BCUT2D eigenvalue weighted by Gasteiger charge is 2.32. The van der Waals surface area contributed by atoms with E-state index in [1.54, 1.807) is 6.92 Å². The quantitative estimate of drug-likeness (QED) is 0.769. The number of carbonyl (C=O) groups is 1. The summed E-state index contributed by atoms with van der Waals surface area (Å²) in [7, 11) is 0. The zero-order valence-corrected chi connectivity index (χ0v) is 14.0. The van der Waals surface area contributed by atoms with Crippen molar-refractivity contribution < 1.29 is 4.79 Å². The molecule has 4 heteroatoms. The third-order valence-electron chi connectivity index (χ3n) is 4.69. The third-order valence-corrected chi connectivity index (χ3v) is 4.69. The molecule has 1 aliphatic heterocycles. The van der Waals surface area contributed by atoms with E-state index in [0.29, 0.717) is 0 Å². The van der Waals surface area contributed by atoms with Crippen molar-refractivity contribution in [3.8, 4) is 0 Å². The number of para-hydroxylation sites is 2. The van der Waals surface area contributed by atoms with E-state index in [9.17, 15) is 4.79 Å². The number of aryl methyl sites for hydroxylation is 1. The second-order valence-electron chi connectivity index (χ2n) is 6.27. The molecule has 0 saturated heterocycles. The molecule has 1 atom stereocenters. The number of ketones is 1. The van der Waals surface area contributed by atoms with E-state index in [-0.39, 0.29) is 11.8 Å². The Hall–Kier alpha value is -2.88. The molecule has 3 aromatic rings. The summed E-state index contributed by atoms with van der Waals surface area (Å²) in [6, 6.07) is 16.1. The van der Waals surface area contributed by atoms with Crippen molar-refractivity contribution in [3.05, 3.63) is 70.9 Å². The third kappa shape index (κ3) is 2.07. The maximum atomic E-state index is 12.4. The van der Waals surface area contributed by atoms with Crippen molar-refractivity contribution >= 4 is 22.8 Å². The number of carbonyl (C=O) groups excluding carboxylic acids is 1. The second-order valence-corrected chi connectivity index (χ2v) is 6.27. The molecule has 0 unspecified atom stereocenters. The van der Waals surface area contributed by atoms with E-state index in [1.807, 2.05) is 37.3 Å². The number of Topliss-reactive ketones (excluding diaryl/α,β-unsaturated/α-hetero) is 1. The zero-order chi connectivity index (χ0) is 16.8. The lowest BCUT2D eigenvalue weighted by molar-refractivity contribution is -0.114. The number of nitrogens with one attached hydrogen (secondary N) is 1. The number of anilines is 1. The Kier molecular flexibility index (Phi) is 3.27. The minimum absolute atomic E-state index is 0.0803. The molecule has 0 aliphatic carbocycles. The van der Waals surface area contributed by atoms with Crippen LogP contribution in [-0.4, -0.2) is 15.3 Å². The van der Waals surface area contributed by atoms with E-state index in [2.05, 4.69) is 35.0 Å². The highest BCUT2D eigenvalue weighted by molar-refractivity contribution is 5.97. The molecule has 0 amide bonds. The summed E-state index contributed by atoms with van der Waals surface area (Å²) in [5, 5.41) is 3.31. The number of fused-ring (bicyclic) bond motifs is 3. The zero-order valence-electron chi connectivity index (χ0n) is 14.0. The lowest BCUT2D eigenvalue weighted by Gasteiger charge is -2.31.